The quantitative estimate of drug-likeness (QED) is 0.897. The summed E-state index contributed by atoms with van der Waals surface area (Å²) in [6, 6.07) is 8.58. The molecule has 0 aliphatic rings. The van der Waals surface area contributed by atoms with Crippen molar-refractivity contribution in [3.8, 4) is 5.69 Å². The summed E-state index contributed by atoms with van der Waals surface area (Å²) >= 11 is 0. The summed E-state index contributed by atoms with van der Waals surface area (Å²) < 4.78 is 2.01. The molecule has 0 saturated carbocycles. The van der Waals surface area contributed by atoms with Crippen LogP contribution < -0.4 is 5.73 Å². The lowest BCUT2D eigenvalue weighted by molar-refractivity contribution is 0.831. The van der Waals surface area contributed by atoms with Gasteiger partial charge in [0.25, 0.3) is 0 Å². The van der Waals surface area contributed by atoms with E-state index in [4.69, 9.17) is 5.73 Å². The zero-order valence-electron chi connectivity index (χ0n) is 11.4. The second-order valence-corrected chi connectivity index (χ2v) is 4.62. The van der Waals surface area contributed by atoms with Crippen LogP contribution in [-0.2, 0) is 12.8 Å². The molecule has 0 aliphatic carbocycles. The summed E-state index contributed by atoms with van der Waals surface area (Å²) in [6.45, 7) is 6.99. The SMILES string of the molecule is CCc1ccc(-n2nc(C)c(CCN)c2C)cc1. The van der Waals surface area contributed by atoms with Crippen molar-refractivity contribution in [1.82, 2.24) is 9.78 Å². The minimum Gasteiger partial charge on any atom is -0.330 e. The van der Waals surface area contributed by atoms with Gasteiger partial charge in [-0.3, -0.25) is 0 Å². The average Bonchev–Trinajstić information content (AvgIpc) is 2.67. The molecule has 0 atom stereocenters. The number of hydrogen-bond acceptors (Lipinski definition) is 2. The highest BCUT2D eigenvalue weighted by Crippen LogP contribution is 2.18. The second kappa shape index (κ2) is 5.36. The first-order valence-corrected chi connectivity index (χ1v) is 6.51. The van der Waals surface area contributed by atoms with Gasteiger partial charge in [-0.15, -0.1) is 0 Å². The van der Waals surface area contributed by atoms with E-state index in [1.54, 1.807) is 0 Å². The zero-order valence-corrected chi connectivity index (χ0v) is 11.4. The van der Waals surface area contributed by atoms with Gasteiger partial charge in [-0.05, 0) is 56.5 Å². The van der Waals surface area contributed by atoms with Gasteiger partial charge in [0.15, 0.2) is 0 Å². The fourth-order valence-electron chi connectivity index (χ4n) is 2.31. The van der Waals surface area contributed by atoms with Gasteiger partial charge in [0.05, 0.1) is 11.4 Å². The van der Waals surface area contributed by atoms with E-state index in [1.807, 2.05) is 4.68 Å². The van der Waals surface area contributed by atoms with Crippen molar-refractivity contribution in [3.05, 3.63) is 46.8 Å². The third-order valence-corrected chi connectivity index (χ3v) is 3.42. The molecule has 3 nitrogen and oxygen atoms in total. The monoisotopic (exact) mass is 243 g/mol. The van der Waals surface area contributed by atoms with Crippen LogP contribution in [0.25, 0.3) is 5.69 Å². The third-order valence-electron chi connectivity index (χ3n) is 3.42. The van der Waals surface area contributed by atoms with Gasteiger partial charge in [0.1, 0.15) is 0 Å². The maximum absolute atomic E-state index is 5.65. The van der Waals surface area contributed by atoms with Gasteiger partial charge in [0, 0.05) is 5.69 Å². The largest absolute Gasteiger partial charge is 0.330 e. The number of rotatable bonds is 4. The van der Waals surface area contributed by atoms with Gasteiger partial charge in [-0.1, -0.05) is 19.1 Å². The molecular formula is C15H21N3. The van der Waals surface area contributed by atoms with E-state index < -0.39 is 0 Å². The van der Waals surface area contributed by atoms with Crippen LogP contribution in [0.3, 0.4) is 0 Å². The lowest BCUT2D eigenvalue weighted by atomic mass is 10.1. The Balaban J connectivity index is 2.40. The van der Waals surface area contributed by atoms with Crippen LogP contribution in [0, 0.1) is 13.8 Å². The Morgan fingerprint density at radius 2 is 1.83 bits per heavy atom. The average molecular weight is 243 g/mol. The maximum Gasteiger partial charge on any atom is 0.0649 e. The van der Waals surface area contributed by atoms with Crippen molar-refractivity contribution in [2.24, 2.45) is 5.73 Å². The van der Waals surface area contributed by atoms with Crippen LogP contribution in [0.4, 0.5) is 0 Å². The van der Waals surface area contributed by atoms with E-state index in [-0.39, 0.29) is 0 Å². The van der Waals surface area contributed by atoms with Crippen molar-refractivity contribution >= 4 is 0 Å². The fraction of sp³-hybridized carbons (Fsp3) is 0.400. The number of aromatic nitrogens is 2. The summed E-state index contributed by atoms with van der Waals surface area (Å²) in [5.41, 5.74) is 11.7. The minimum absolute atomic E-state index is 0.669. The summed E-state index contributed by atoms with van der Waals surface area (Å²) in [5, 5.41) is 4.62. The molecule has 18 heavy (non-hydrogen) atoms. The third kappa shape index (κ3) is 2.31. The van der Waals surface area contributed by atoms with Gasteiger partial charge in [0.2, 0.25) is 0 Å². The summed E-state index contributed by atoms with van der Waals surface area (Å²) in [6.07, 6.45) is 1.96. The van der Waals surface area contributed by atoms with Crippen molar-refractivity contribution in [2.45, 2.75) is 33.6 Å². The first kappa shape index (κ1) is 12.8. The molecule has 0 fully saturated rings. The highest BCUT2D eigenvalue weighted by atomic mass is 15.3. The second-order valence-electron chi connectivity index (χ2n) is 4.62. The summed E-state index contributed by atoms with van der Waals surface area (Å²) in [7, 11) is 0. The Morgan fingerprint density at radius 3 is 2.39 bits per heavy atom. The molecule has 2 aromatic rings. The standard InChI is InChI=1S/C15H21N3/c1-4-13-5-7-14(8-6-13)18-12(3)15(9-10-16)11(2)17-18/h5-8H,4,9-10,16H2,1-3H3. The van der Waals surface area contributed by atoms with Crippen LogP contribution >= 0.6 is 0 Å². The van der Waals surface area contributed by atoms with Gasteiger partial charge < -0.3 is 5.73 Å². The molecule has 1 aromatic heterocycles. The maximum atomic E-state index is 5.65. The van der Waals surface area contributed by atoms with Crippen molar-refractivity contribution in [3.63, 3.8) is 0 Å². The van der Waals surface area contributed by atoms with E-state index in [0.29, 0.717) is 6.54 Å². The fourth-order valence-corrected chi connectivity index (χ4v) is 2.31. The van der Waals surface area contributed by atoms with Gasteiger partial charge >= 0.3 is 0 Å². The zero-order chi connectivity index (χ0) is 13.1. The number of benzene rings is 1. The predicted octanol–water partition coefficient (Wildman–Crippen LogP) is 2.55. The summed E-state index contributed by atoms with van der Waals surface area (Å²) in [5.74, 6) is 0. The Morgan fingerprint density at radius 1 is 1.17 bits per heavy atom. The van der Waals surface area contributed by atoms with Gasteiger partial charge in [-0.25, -0.2) is 4.68 Å². The minimum atomic E-state index is 0.669. The topological polar surface area (TPSA) is 43.8 Å². The molecule has 3 heteroatoms. The van der Waals surface area contributed by atoms with Gasteiger partial charge in [-0.2, -0.15) is 5.10 Å². The Labute approximate surface area is 109 Å². The lowest BCUT2D eigenvalue weighted by Gasteiger charge is -2.06. The number of nitrogens with zero attached hydrogens (tertiary/aromatic N) is 2. The summed E-state index contributed by atoms with van der Waals surface area (Å²) in [4.78, 5) is 0. The first-order valence-electron chi connectivity index (χ1n) is 6.51. The van der Waals surface area contributed by atoms with Crippen LogP contribution in [0.15, 0.2) is 24.3 Å². The lowest BCUT2D eigenvalue weighted by Crippen LogP contribution is -2.05. The van der Waals surface area contributed by atoms with Crippen LogP contribution in [0.2, 0.25) is 0 Å². The van der Waals surface area contributed by atoms with Crippen LogP contribution in [0.1, 0.15) is 29.4 Å². The predicted molar refractivity (Wildman–Crippen MR) is 75.2 cm³/mol. The molecule has 1 heterocycles. The smallest absolute Gasteiger partial charge is 0.0649 e. The van der Waals surface area contributed by atoms with Crippen molar-refractivity contribution in [2.75, 3.05) is 6.54 Å². The van der Waals surface area contributed by atoms with Crippen LogP contribution in [0.5, 0.6) is 0 Å². The Hall–Kier alpha value is -1.61. The number of hydrogen-bond donors (Lipinski definition) is 1. The molecule has 96 valence electrons. The molecule has 0 bridgehead atoms. The molecule has 0 saturated heterocycles. The molecule has 0 unspecified atom stereocenters. The van der Waals surface area contributed by atoms with Crippen molar-refractivity contribution in [1.29, 1.82) is 0 Å². The molecule has 0 amide bonds. The molecule has 0 radical (unpaired) electrons. The van der Waals surface area contributed by atoms with E-state index in [0.717, 1.165) is 24.2 Å². The Kier molecular flexibility index (Phi) is 3.82. The number of aryl methyl sites for hydroxylation is 2. The molecule has 0 aliphatic heterocycles. The van der Waals surface area contributed by atoms with Crippen molar-refractivity contribution < 1.29 is 0 Å². The van der Waals surface area contributed by atoms with E-state index in [1.165, 1.54) is 16.8 Å². The molecule has 1 aromatic carbocycles. The normalized spacial score (nSPS) is 10.9. The van der Waals surface area contributed by atoms with E-state index in [9.17, 15) is 0 Å². The molecule has 2 rings (SSSR count). The van der Waals surface area contributed by atoms with Crippen LogP contribution in [-0.4, -0.2) is 16.3 Å². The van der Waals surface area contributed by atoms with E-state index in [2.05, 4.69) is 50.1 Å². The highest BCUT2D eigenvalue weighted by molar-refractivity contribution is 5.38. The highest BCUT2D eigenvalue weighted by Gasteiger charge is 2.11. The molecule has 0 spiro atoms. The van der Waals surface area contributed by atoms with E-state index >= 15 is 0 Å². The molecule has 2 N–H and O–H groups in total. The first-order chi connectivity index (χ1) is 8.67. The number of nitrogens with two attached hydrogens (primary N) is 1. The Bertz CT molecular complexity index is 523. The molecular weight excluding hydrogens is 222 g/mol.